The maximum Gasteiger partial charge on any atom is 0.311 e. The quantitative estimate of drug-likeness (QED) is 0.464. The van der Waals surface area contributed by atoms with Crippen molar-refractivity contribution < 1.29 is 19.2 Å². The molecule has 134 valence electrons. The molecule has 0 N–H and O–H groups in total. The zero-order chi connectivity index (χ0) is 18.0. The van der Waals surface area contributed by atoms with E-state index in [9.17, 15) is 19.7 Å². The third-order valence-corrected chi connectivity index (χ3v) is 4.86. The van der Waals surface area contributed by atoms with Crippen molar-refractivity contribution in [2.24, 2.45) is 11.8 Å². The van der Waals surface area contributed by atoms with Crippen molar-refractivity contribution in [2.75, 3.05) is 13.1 Å². The van der Waals surface area contributed by atoms with Crippen LogP contribution in [0, 0.1) is 22.0 Å². The SMILES string of the molecule is CC(OC(=O)C1CCCN(C(=O)C2CC2)C1)c1ccccc1[N+](=O)[O-]. The number of carbonyl (C=O) groups excluding carboxylic acids is 2. The zero-order valence-corrected chi connectivity index (χ0v) is 14.2. The number of ether oxygens (including phenoxy) is 1. The molecular formula is C18H22N2O5. The van der Waals surface area contributed by atoms with Crippen molar-refractivity contribution >= 4 is 17.6 Å². The molecule has 1 aromatic rings. The minimum atomic E-state index is -0.705. The normalized spacial score (nSPS) is 21.5. The Bertz CT molecular complexity index is 686. The number of piperidine rings is 1. The number of carbonyl (C=O) groups is 2. The molecule has 1 saturated heterocycles. The van der Waals surface area contributed by atoms with Gasteiger partial charge in [-0.05, 0) is 38.7 Å². The second kappa shape index (κ2) is 7.21. The number of hydrogen-bond donors (Lipinski definition) is 0. The van der Waals surface area contributed by atoms with Crippen molar-refractivity contribution in [1.82, 2.24) is 4.90 Å². The summed E-state index contributed by atoms with van der Waals surface area (Å²) in [7, 11) is 0. The first-order valence-electron chi connectivity index (χ1n) is 8.70. The van der Waals surface area contributed by atoms with Crippen LogP contribution in [0.15, 0.2) is 24.3 Å². The Kier molecular flexibility index (Phi) is 5.01. The highest BCUT2D eigenvalue weighted by molar-refractivity contribution is 5.82. The third-order valence-electron chi connectivity index (χ3n) is 4.86. The summed E-state index contributed by atoms with van der Waals surface area (Å²) in [6, 6.07) is 6.26. The van der Waals surface area contributed by atoms with Gasteiger partial charge in [0.1, 0.15) is 6.10 Å². The summed E-state index contributed by atoms with van der Waals surface area (Å²) in [5.41, 5.74) is 0.319. The van der Waals surface area contributed by atoms with Crippen LogP contribution in [-0.2, 0) is 14.3 Å². The topological polar surface area (TPSA) is 89.8 Å². The summed E-state index contributed by atoms with van der Waals surface area (Å²) < 4.78 is 5.49. The molecule has 1 aliphatic carbocycles. The first-order valence-corrected chi connectivity index (χ1v) is 8.70. The lowest BCUT2D eigenvalue weighted by Gasteiger charge is -2.32. The molecule has 7 heteroatoms. The van der Waals surface area contributed by atoms with Gasteiger partial charge in [0.15, 0.2) is 0 Å². The van der Waals surface area contributed by atoms with Gasteiger partial charge in [0.25, 0.3) is 5.69 Å². The number of likely N-dealkylation sites (tertiary alicyclic amines) is 1. The lowest BCUT2D eigenvalue weighted by Crippen LogP contribution is -2.43. The smallest absolute Gasteiger partial charge is 0.311 e. The third kappa shape index (κ3) is 3.97. The van der Waals surface area contributed by atoms with Gasteiger partial charge in [-0.3, -0.25) is 19.7 Å². The van der Waals surface area contributed by atoms with E-state index in [2.05, 4.69) is 0 Å². The predicted octanol–water partition coefficient (Wildman–Crippen LogP) is 2.85. The van der Waals surface area contributed by atoms with Crippen LogP contribution in [0.3, 0.4) is 0 Å². The highest BCUT2D eigenvalue weighted by atomic mass is 16.6. The van der Waals surface area contributed by atoms with E-state index in [4.69, 9.17) is 4.74 Å². The van der Waals surface area contributed by atoms with Crippen LogP contribution in [-0.4, -0.2) is 34.8 Å². The van der Waals surface area contributed by atoms with Gasteiger partial charge in [-0.15, -0.1) is 0 Å². The standard InChI is InChI=1S/C18H22N2O5/c1-12(15-6-2-3-7-16(15)20(23)24)25-18(22)14-5-4-10-19(11-14)17(21)13-8-9-13/h2-3,6-7,12-14H,4-5,8-11H2,1H3. The van der Waals surface area contributed by atoms with Crippen LogP contribution in [0.25, 0.3) is 0 Å². The fraction of sp³-hybridized carbons (Fsp3) is 0.556. The van der Waals surface area contributed by atoms with E-state index in [-0.39, 0.29) is 29.4 Å². The van der Waals surface area contributed by atoms with E-state index < -0.39 is 11.0 Å². The summed E-state index contributed by atoms with van der Waals surface area (Å²) >= 11 is 0. The highest BCUT2D eigenvalue weighted by Gasteiger charge is 2.37. The van der Waals surface area contributed by atoms with Gasteiger partial charge in [-0.25, -0.2) is 0 Å². The van der Waals surface area contributed by atoms with E-state index in [1.807, 2.05) is 0 Å². The molecule has 2 aliphatic rings. The van der Waals surface area contributed by atoms with Crippen molar-refractivity contribution in [2.45, 2.75) is 38.7 Å². The van der Waals surface area contributed by atoms with E-state index in [1.165, 1.54) is 6.07 Å². The number of nitro groups is 1. The van der Waals surface area contributed by atoms with E-state index >= 15 is 0 Å². The van der Waals surface area contributed by atoms with E-state index in [0.717, 1.165) is 19.3 Å². The molecule has 0 radical (unpaired) electrons. The molecule has 1 heterocycles. The van der Waals surface area contributed by atoms with Crippen LogP contribution < -0.4 is 0 Å². The maximum atomic E-state index is 12.5. The van der Waals surface area contributed by atoms with Crippen molar-refractivity contribution in [3.63, 3.8) is 0 Å². The van der Waals surface area contributed by atoms with Gasteiger partial charge >= 0.3 is 5.97 Å². The van der Waals surface area contributed by atoms with Crippen LogP contribution >= 0.6 is 0 Å². The molecule has 2 unspecified atom stereocenters. The Hall–Kier alpha value is -2.44. The number of benzene rings is 1. The number of nitro benzene ring substituents is 1. The first-order chi connectivity index (χ1) is 12.0. The Labute approximate surface area is 146 Å². The fourth-order valence-electron chi connectivity index (χ4n) is 3.29. The van der Waals surface area contributed by atoms with Crippen LogP contribution in [0.1, 0.15) is 44.3 Å². The molecule has 0 bridgehead atoms. The average molecular weight is 346 g/mol. The first kappa shape index (κ1) is 17.4. The second-order valence-corrected chi connectivity index (χ2v) is 6.79. The number of nitrogens with zero attached hydrogens (tertiary/aromatic N) is 2. The van der Waals surface area contributed by atoms with Gasteiger partial charge in [0.2, 0.25) is 5.91 Å². The van der Waals surface area contributed by atoms with Crippen molar-refractivity contribution in [3.05, 3.63) is 39.9 Å². The zero-order valence-electron chi connectivity index (χ0n) is 14.2. The second-order valence-electron chi connectivity index (χ2n) is 6.79. The number of para-hydroxylation sites is 1. The van der Waals surface area contributed by atoms with Crippen LogP contribution in [0.2, 0.25) is 0 Å². The lowest BCUT2D eigenvalue weighted by atomic mass is 9.97. The summed E-state index contributed by atoms with van der Waals surface area (Å²) in [5.74, 6) is -0.467. The Morgan fingerprint density at radius 1 is 1.24 bits per heavy atom. The van der Waals surface area contributed by atoms with E-state index in [0.29, 0.717) is 25.1 Å². The summed E-state index contributed by atoms with van der Waals surface area (Å²) in [4.78, 5) is 37.1. The monoisotopic (exact) mass is 346 g/mol. The van der Waals surface area contributed by atoms with Gasteiger partial charge in [-0.2, -0.15) is 0 Å². The number of amides is 1. The summed E-state index contributed by atoms with van der Waals surface area (Å²) in [5, 5.41) is 11.1. The predicted molar refractivity (Wildman–Crippen MR) is 89.6 cm³/mol. The molecule has 0 aromatic heterocycles. The Balaban J connectivity index is 1.63. The highest BCUT2D eigenvalue weighted by Crippen LogP contribution is 2.33. The number of hydrogen-bond acceptors (Lipinski definition) is 5. The molecule has 1 amide bonds. The lowest BCUT2D eigenvalue weighted by molar-refractivity contribution is -0.386. The largest absolute Gasteiger partial charge is 0.457 e. The average Bonchev–Trinajstić information content (AvgIpc) is 3.46. The van der Waals surface area contributed by atoms with Gasteiger partial charge in [-0.1, -0.05) is 12.1 Å². The molecule has 1 aliphatic heterocycles. The molecule has 1 aromatic carbocycles. The number of esters is 1. The van der Waals surface area contributed by atoms with E-state index in [1.54, 1.807) is 30.0 Å². The fourth-order valence-corrected chi connectivity index (χ4v) is 3.29. The van der Waals surface area contributed by atoms with Crippen LogP contribution in [0.4, 0.5) is 5.69 Å². The molecule has 2 fully saturated rings. The van der Waals surface area contributed by atoms with Crippen LogP contribution in [0.5, 0.6) is 0 Å². The summed E-state index contributed by atoms with van der Waals surface area (Å²) in [6.07, 6.45) is 2.64. The molecular weight excluding hydrogens is 324 g/mol. The summed E-state index contributed by atoms with van der Waals surface area (Å²) in [6.45, 7) is 2.72. The van der Waals surface area contributed by atoms with Crippen molar-refractivity contribution in [3.8, 4) is 0 Å². The maximum absolute atomic E-state index is 12.5. The molecule has 1 saturated carbocycles. The van der Waals surface area contributed by atoms with Gasteiger partial charge in [0.05, 0.1) is 16.4 Å². The Morgan fingerprint density at radius 3 is 2.64 bits per heavy atom. The van der Waals surface area contributed by atoms with Gasteiger partial charge in [0, 0.05) is 25.1 Å². The minimum Gasteiger partial charge on any atom is -0.457 e. The minimum absolute atomic E-state index is 0.0584. The molecule has 2 atom stereocenters. The Morgan fingerprint density at radius 2 is 1.96 bits per heavy atom. The molecule has 7 nitrogen and oxygen atoms in total. The van der Waals surface area contributed by atoms with Crippen molar-refractivity contribution in [1.29, 1.82) is 0 Å². The molecule has 3 rings (SSSR count). The molecule has 0 spiro atoms. The van der Waals surface area contributed by atoms with Gasteiger partial charge < -0.3 is 9.64 Å². The number of rotatable bonds is 5. The molecule has 25 heavy (non-hydrogen) atoms.